The number of nitrogens with one attached hydrogen (secondary N) is 1. The summed E-state index contributed by atoms with van der Waals surface area (Å²) in [6.07, 6.45) is -0.768. The van der Waals surface area contributed by atoms with Crippen molar-refractivity contribution >= 4 is 5.69 Å². The van der Waals surface area contributed by atoms with E-state index in [-0.39, 0.29) is 17.1 Å². The van der Waals surface area contributed by atoms with E-state index < -0.39 is 17.7 Å². The van der Waals surface area contributed by atoms with Crippen LogP contribution in [0.4, 0.5) is 23.2 Å². The van der Waals surface area contributed by atoms with Gasteiger partial charge in [0.1, 0.15) is 5.82 Å². The SMILES string of the molecule is CCCNc1cnc(-c2cncc(F)c2)nc1C(F)(F)F. The third-order valence-electron chi connectivity index (χ3n) is 2.59. The minimum absolute atomic E-state index is 0.0857. The van der Waals surface area contributed by atoms with Crippen LogP contribution in [-0.2, 0) is 6.18 Å². The van der Waals surface area contributed by atoms with E-state index in [4.69, 9.17) is 0 Å². The van der Waals surface area contributed by atoms with E-state index in [9.17, 15) is 17.6 Å². The topological polar surface area (TPSA) is 50.7 Å². The number of hydrogen-bond acceptors (Lipinski definition) is 4. The van der Waals surface area contributed by atoms with Gasteiger partial charge in [0.25, 0.3) is 0 Å². The maximum atomic E-state index is 13.1. The lowest BCUT2D eigenvalue weighted by molar-refractivity contribution is -0.140. The lowest BCUT2D eigenvalue weighted by Crippen LogP contribution is -2.15. The zero-order valence-corrected chi connectivity index (χ0v) is 11.1. The van der Waals surface area contributed by atoms with Gasteiger partial charge < -0.3 is 5.32 Å². The van der Waals surface area contributed by atoms with Crippen molar-refractivity contribution in [2.45, 2.75) is 19.5 Å². The predicted octanol–water partition coefficient (Wildman–Crippen LogP) is 3.52. The van der Waals surface area contributed by atoms with E-state index in [0.717, 1.165) is 18.5 Å². The molecular formula is C13H12F4N4. The molecule has 0 amide bonds. The highest BCUT2D eigenvalue weighted by Crippen LogP contribution is 2.34. The normalized spacial score (nSPS) is 11.5. The summed E-state index contributed by atoms with van der Waals surface area (Å²) in [5.41, 5.74) is -1.19. The fourth-order valence-corrected chi connectivity index (χ4v) is 1.66. The van der Waals surface area contributed by atoms with Gasteiger partial charge in [0, 0.05) is 18.3 Å². The van der Waals surface area contributed by atoms with Gasteiger partial charge in [0.2, 0.25) is 0 Å². The first kappa shape index (κ1) is 15.1. The van der Waals surface area contributed by atoms with Crippen LogP contribution in [0, 0.1) is 5.82 Å². The summed E-state index contributed by atoms with van der Waals surface area (Å²) in [6.45, 7) is 2.20. The minimum Gasteiger partial charge on any atom is -0.382 e. The van der Waals surface area contributed by atoms with Crippen molar-refractivity contribution in [1.29, 1.82) is 0 Å². The summed E-state index contributed by atoms with van der Waals surface area (Å²) in [7, 11) is 0. The first-order valence-corrected chi connectivity index (χ1v) is 6.21. The molecule has 112 valence electrons. The smallest absolute Gasteiger partial charge is 0.382 e. The van der Waals surface area contributed by atoms with Crippen molar-refractivity contribution in [3.05, 3.63) is 36.2 Å². The molecule has 2 rings (SSSR count). The summed E-state index contributed by atoms with van der Waals surface area (Å²) in [6, 6.07) is 1.03. The van der Waals surface area contributed by atoms with Gasteiger partial charge in [-0.1, -0.05) is 6.92 Å². The number of rotatable bonds is 4. The van der Waals surface area contributed by atoms with Crippen molar-refractivity contribution in [2.24, 2.45) is 0 Å². The molecule has 0 fully saturated rings. The summed E-state index contributed by atoms with van der Waals surface area (Å²) in [4.78, 5) is 10.9. The molecule has 0 aliphatic heterocycles. The maximum Gasteiger partial charge on any atom is 0.435 e. The molecular weight excluding hydrogens is 288 g/mol. The lowest BCUT2D eigenvalue weighted by Gasteiger charge is -2.13. The average Bonchev–Trinajstić information content (AvgIpc) is 2.44. The van der Waals surface area contributed by atoms with Gasteiger partial charge in [0.15, 0.2) is 11.5 Å². The van der Waals surface area contributed by atoms with Crippen molar-refractivity contribution in [1.82, 2.24) is 15.0 Å². The molecule has 0 saturated heterocycles. The standard InChI is InChI=1S/C13H12F4N4/c1-2-3-19-10-7-20-12(21-11(10)13(15,16)17)8-4-9(14)6-18-5-8/h4-7,19H,2-3H2,1H3. The van der Waals surface area contributed by atoms with Crippen LogP contribution in [0.1, 0.15) is 19.0 Å². The highest BCUT2D eigenvalue weighted by atomic mass is 19.4. The average molecular weight is 300 g/mol. The predicted molar refractivity (Wildman–Crippen MR) is 69.0 cm³/mol. The van der Waals surface area contributed by atoms with Crippen molar-refractivity contribution < 1.29 is 17.6 Å². The Morgan fingerprint density at radius 3 is 2.57 bits per heavy atom. The summed E-state index contributed by atoms with van der Waals surface area (Å²) < 4.78 is 52.2. The van der Waals surface area contributed by atoms with Crippen LogP contribution >= 0.6 is 0 Å². The number of pyridine rings is 1. The van der Waals surface area contributed by atoms with Gasteiger partial charge in [-0.05, 0) is 12.5 Å². The second-order valence-corrected chi connectivity index (χ2v) is 4.27. The number of anilines is 1. The molecule has 0 aliphatic rings. The van der Waals surface area contributed by atoms with Crippen LogP contribution in [0.15, 0.2) is 24.7 Å². The zero-order valence-electron chi connectivity index (χ0n) is 11.1. The Kier molecular flexibility index (Phi) is 4.35. The molecule has 0 spiro atoms. The quantitative estimate of drug-likeness (QED) is 0.878. The Labute approximate surface area is 118 Å². The molecule has 0 bridgehead atoms. The van der Waals surface area contributed by atoms with Crippen LogP contribution in [0.25, 0.3) is 11.4 Å². The zero-order chi connectivity index (χ0) is 15.5. The number of nitrogens with zero attached hydrogens (tertiary/aromatic N) is 3. The fraction of sp³-hybridized carbons (Fsp3) is 0.308. The molecule has 0 saturated carbocycles. The Morgan fingerprint density at radius 1 is 1.19 bits per heavy atom. The Hall–Kier alpha value is -2.25. The summed E-state index contributed by atoms with van der Waals surface area (Å²) in [5.74, 6) is -0.894. The van der Waals surface area contributed by atoms with Gasteiger partial charge in [-0.25, -0.2) is 14.4 Å². The monoisotopic (exact) mass is 300 g/mol. The lowest BCUT2D eigenvalue weighted by atomic mass is 10.2. The molecule has 0 aliphatic carbocycles. The van der Waals surface area contributed by atoms with Crippen LogP contribution < -0.4 is 5.32 Å². The Balaban J connectivity index is 2.46. The molecule has 21 heavy (non-hydrogen) atoms. The largest absolute Gasteiger partial charge is 0.435 e. The summed E-state index contributed by atoms with van der Waals surface area (Å²) >= 11 is 0. The molecule has 8 heteroatoms. The van der Waals surface area contributed by atoms with E-state index >= 15 is 0 Å². The highest BCUT2D eigenvalue weighted by molar-refractivity contribution is 5.57. The number of alkyl halides is 3. The van der Waals surface area contributed by atoms with Crippen LogP contribution in [0.5, 0.6) is 0 Å². The number of halogens is 4. The second-order valence-electron chi connectivity index (χ2n) is 4.27. The Bertz CT molecular complexity index is 628. The van der Waals surface area contributed by atoms with Gasteiger partial charge in [-0.15, -0.1) is 0 Å². The van der Waals surface area contributed by atoms with Gasteiger partial charge in [0.05, 0.1) is 18.1 Å². The van der Waals surface area contributed by atoms with E-state index in [1.165, 1.54) is 6.20 Å². The third kappa shape index (κ3) is 3.65. The van der Waals surface area contributed by atoms with Crippen LogP contribution in [0.3, 0.4) is 0 Å². The second kappa shape index (κ2) is 6.02. The Morgan fingerprint density at radius 2 is 1.95 bits per heavy atom. The fourth-order valence-electron chi connectivity index (χ4n) is 1.66. The molecule has 0 radical (unpaired) electrons. The molecule has 4 nitrogen and oxygen atoms in total. The molecule has 0 unspecified atom stereocenters. The summed E-state index contributed by atoms with van der Waals surface area (Å²) in [5, 5.41) is 2.62. The minimum atomic E-state index is -4.63. The molecule has 2 heterocycles. The molecule has 0 atom stereocenters. The highest BCUT2D eigenvalue weighted by Gasteiger charge is 2.36. The third-order valence-corrected chi connectivity index (χ3v) is 2.59. The number of aromatic nitrogens is 3. The molecule has 1 N–H and O–H groups in total. The molecule has 0 aromatic carbocycles. The first-order chi connectivity index (χ1) is 9.91. The first-order valence-electron chi connectivity index (χ1n) is 6.21. The maximum absolute atomic E-state index is 13.1. The van der Waals surface area contributed by atoms with Gasteiger partial charge in [-0.3, -0.25) is 4.98 Å². The van der Waals surface area contributed by atoms with Gasteiger partial charge >= 0.3 is 6.18 Å². The van der Waals surface area contributed by atoms with Crippen molar-refractivity contribution in [3.8, 4) is 11.4 Å². The van der Waals surface area contributed by atoms with Crippen LogP contribution in [-0.4, -0.2) is 21.5 Å². The van der Waals surface area contributed by atoms with E-state index in [2.05, 4.69) is 20.3 Å². The van der Waals surface area contributed by atoms with Crippen LogP contribution in [0.2, 0.25) is 0 Å². The molecule has 2 aromatic heterocycles. The van der Waals surface area contributed by atoms with Gasteiger partial charge in [-0.2, -0.15) is 13.2 Å². The van der Waals surface area contributed by atoms with E-state index in [1.807, 2.05) is 6.92 Å². The van der Waals surface area contributed by atoms with E-state index in [0.29, 0.717) is 13.0 Å². The van der Waals surface area contributed by atoms with Crippen molar-refractivity contribution in [2.75, 3.05) is 11.9 Å². The number of hydrogen-bond donors (Lipinski definition) is 1. The molecule has 2 aromatic rings. The van der Waals surface area contributed by atoms with Crippen molar-refractivity contribution in [3.63, 3.8) is 0 Å². The van der Waals surface area contributed by atoms with E-state index in [1.54, 1.807) is 0 Å².